The molecule has 1 saturated heterocycles. The lowest BCUT2D eigenvalue weighted by molar-refractivity contribution is -0.275. The molecule has 0 radical (unpaired) electrons. The number of ether oxygens (including phenoxy) is 1. The minimum atomic E-state index is -0.306. The molecule has 25 heavy (non-hydrogen) atoms. The van der Waals surface area contributed by atoms with Crippen molar-refractivity contribution in [3.05, 3.63) is 53.6 Å². The molecule has 2 saturated carbocycles. The van der Waals surface area contributed by atoms with E-state index in [4.69, 9.17) is 4.74 Å². The van der Waals surface area contributed by atoms with Crippen molar-refractivity contribution in [3.63, 3.8) is 0 Å². The zero-order valence-electron chi connectivity index (χ0n) is 15.0. The number of hydrogen-bond donors (Lipinski definition) is 0. The number of rotatable bonds is 3. The Bertz CT molecular complexity index is 810. The van der Waals surface area contributed by atoms with Gasteiger partial charge in [-0.2, -0.15) is 0 Å². The van der Waals surface area contributed by atoms with E-state index < -0.39 is 0 Å². The van der Waals surface area contributed by atoms with Crippen molar-refractivity contribution < 1.29 is 9.53 Å². The van der Waals surface area contributed by atoms with Crippen molar-refractivity contribution >= 4 is 5.97 Å². The molecular formula is C22H25NO2. The topological polar surface area (TPSA) is 29.5 Å². The van der Waals surface area contributed by atoms with Gasteiger partial charge in [0, 0.05) is 29.0 Å². The number of allylic oxidation sites excluding steroid dienone is 3. The molecule has 3 fully saturated rings. The van der Waals surface area contributed by atoms with E-state index in [1.807, 2.05) is 25.1 Å². The number of carbonyl (C=O) groups is 1. The highest BCUT2D eigenvalue weighted by Gasteiger charge is 2.78. The predicted octanol–water partition coefficient (Wildman–Crippen LogP) is 3.77. The Morgan fingerprint density at radius 2 is 2.20 bits per heavy atom. The molecule has 3 heteroatoms. The van der Waals surface area contributed by atoms with E-state index in [0.717, 1.165) is 18.4 Å². The lowest BCUT2D eigenvalue weighted by Gasteiger charge is -2.82. The number of benzene rings is 1. The summed E-state index contributed by atoms with van der Waals surface area (Å²) in [4.78, 5) is 14.6. The highest BCUT2D eigenvalue weighted by molar-refractivity contribution is 5.84. The van der Waals surface area contributed by atoms with Crippen LogP contribution in [0.1, 0.15) is 43.7 Å². The molecule has 5 rings (SSSR count). The number of likely N-dealkylation sites (tertiary alicyclic amines) is 1. The monoisotopic (exact) mass is 335 g/mol. The predicted molar refractivity (Wildman–Crippen MR) is 97.7 cm³/mol. The van der Waals surface area contributed by atoms with Crippen LogP contribution >= 0.6 is 0 Å². The molecule has 0 aromatic heterocycles. The third-order valence-corrected chi connectivity index (χ3v) is 7.41. The van der Waals surface area contributed by atoms with Crippen LogP contribution in [0.15, 0.2) is 42.5 Å². The zero-order valence-corrected chi connectivity index (χ0v) is 15.0. The quantitative estimate of drug-likeness (QED) is 0.364. The summed E-state index contributed by atoms with van der Waals surface area (Å²) in [6, 6.07) is 7.04. The van der Waals surface area contributed by atoms with Crippen LogP contribution in [0.3, 0.4) is 0 Å². The number of piperidine rings is 1. The Morgan fingerprint density at radius 3 is 3.04 bits per heavy atom. The molecule has 1 aromatic carbocycles. The second kappa shape index (κ2) is 5.07. The Balaban J connectivity index is 1.45. The fourth-order valence-electron chi connectivity index (χ4n) is 6.60. The summed E-state index contributed by atoms with van der Waals surface area (Å²) < 4.78 is 5.56. The van der Waals surface area contributed by atoms with E-state index in [-0.39, 0.29) is 5.97 Å². The van der Waals surface area contributed by atoms with Gasteiger partial charge in [0.2, 0.25) is 0 Å². The average Bonchev–Trinajstić information content (AvgIpc) is 2.61. The van der Waals surface area contributed by atoms with Crippen molar-refractivity contribution in [1.29, 1.82) is 0 Å². The summed E-state index contributed by atoms with van der Waals surface area (Å²) in [6.45, 7) is 1.92. The van der Waals surface area contributed by atoms with Crippen LogP contribution < -0.4 is 4.74 Å². The maximum absolute atomic E-state index is 12.0. The molecule has 4 atom stereocenters. The Kier molecular flexibility index (Phi) is 3.12. The van der Waals surface area contributed by atoms with Crippen LogP contribution in [-0.2, 0) is 16.6 Å². The van der Waals surface area contributed by atoms with Gasteiger partial charge in [-0.05, 0) is 62.9 Å². The summed E-state index contributed by atoms with van der Waals surface area (Å²) >= 11 is 0. The van der Waals surface area contributed by atoms with Gasteiger partial charge in [-0.15, -0.1) is 0 Å². The normalized spacial score (nSPS) is 38.0. The van der Waals surface area contributed by atoms with Crippen molar-refractivity contribution in [1.82, 2.24) is 4.90 Å². The first-order chi connectivity index (χ1) is 12.1. The van der Waals surface area contributed by atoms with Crippen LogP contribution in [0.25, 0.3) is 0 Å². The number of carbonyl (C=O) groups excluding carboxylic acids is 1. The van der Waals surface area contributed by atoms with Gasteiger partial charge in [-0.1, -0.05) is 30.7 Å². The van der Waals surface area contributed by atoms with Gasteiger partial charge in [0.1, 0.15) is 5.75 Å². The number of hydrogen-bond acceptors (Lipinski definition) is 3. The zero-order chi connectivity index (χ0) is 17.2. The molecule has 130 valence electrons. The maximum atomic E-state index is 12.0. The summed E-state index contributed by atoms with van der Waals surface area (Å²) in [7, 11) is 2.33. The average molecular weight is 335 g/mol. The highest BCUT2D eigenvalue weighted by Crippen LogP contribution is 2.75. The van der Waals surface area contributed by atoms with Crippen LogP contribution in [0.2, 0.25) is 0 Å². The smallest absolute Gasteiger partial charge is 0.336 e. The van der Waals surface area contributed by atoms with Crippen molar-refractivity contribution in [2.75, 3.05) is 7.05 Å². The van der Waals surface area contributed by atoms with Crippen LogP contribution in [-0.4, -0.2) is 29.5 Å². The summed E-state index contributed by atoms with van der Waals surface area (Å²) in [6.07, 6.45) is 13.3. The number of likely N-dealkylation sites (N-methyl/N-ethyl adjacent to an activating group) is 1. The molecule has 3 aliphatic carbocycles. The molecule has 0 amide bonds. The minimum absolute atomic E-state index is 0.306. The number of fused-ring (bicyclic) bond motifs is 1. The van der Waals surface area contributed by atoms with Gasteiger partial charge < -0.3 is 4.74 Å². The lowest BCUT2D eigenvalue weighted by atomic mass is 9.32. The van der Waals surface area contributed by atoms with Crippen molar-refractivity contribution in [3.8, 4) is 5.75 Å². The van der Waals surface area contributed by atoms with E-state index in [0.29, 0.717) is 16.7 Å². The van der Waals surface area contributed by atoms with Crippen molar-refractivity contribution in [2.45, 2.75) is 56.0 Å². The number of nitrogens with zero attached hydrogens (tertiary/aromatic N) is 1. The molecule has 3 nitrogen and oxygen atoms in total. The molecule has 2 spiro atoms. The first-order valence-electron chi connectivity index (χ1n) is 9.48. The molecule has 2 bridgehead atoms. The van der Waals surface area contributed by atoms with Gasteiger partial charge in [0.05, 0.1) is 0 Å². The number of esters is 1. The van der Waals surface area contributed by atoms with E-state index in [1.54, 1.807) is 6.08 Å². The van der Waals surface area contributed by atoms with Gasteiger partial charge in [0.15, 0.2) is 0 Å². The fourth-order valence-corrected chi connectivity index (χ4v) is 6.60. The summed E-state index contributed by atoms with van der Waals surface area (Å²) in [5.74, 6) is 1.21. The molecule has 1 heterocycles. The fraction of sp³-hybridized carbons (Fsp3) is 0.500. The third kappa shape index (κ3) is 1.82. The second-order valence-corrected chi connectivity index (χ2v) is 8.28. The SMILES string of the molecule is C/C=C/C=C/C(=O)Oc1ccc2c(c1)[C@@]13CCCC4(C1)[C@@H]3[C@H](C2)N4C. The largest absolute Gasteiger partial charge is 0.423 e. The molecule has 0 N–H and O–H groups in total. The first kappa shape index (κ1) is 15.4. The van der Waals surface area contributed by atoms with Gasteiger partial charge in [-0.3, -0.25) is 4.90 Å². The second-order valence-electron chi connectivity index (χ2n) is 8.28. The first-order valence-corrected chi connectivity index (χ1v) is 9.48. The van der Waals surface area contributed by atoms with E-state index in [2.05, 4.69) is 24.1 Å². The molecule has 4 aliphatic rings. The van der Waals surface area contributed by atoms with E-state index >= 15 is 0 Å². The van der Waals surface area contributed by atoms with Gasteiger partial charge >= 0.3 is 5.97 Å². The Morgan fingerprint density at radius 1 is 1.32 bits per heavy atom. The minimum Gasteiger partial charge on any atom is -0.423 e. The van der Waals surface area contributed by atoms with Gasteiger partial charge in [-0.25, -0.2) is 4.79 Å². The molecule has 1 unspecified atom stereocenters. The standard InChI is InChI=1S/C22H25NO2/c1-3-4-5-7-19(24)25-16-9-8-15-12-18-20-21(17(15)13-16)10-6-11-22(20,14-21)23(18)2/h3-5,7-9,13,18,20H,6,10-12,14H2,1-2H3/b4-3+,7-5+/t18-,20+,21+,22?/m0/s1. The Labute approximate surface area is 149 Å². The van der Waals surface area contributed by atoms with E-state index in [1.165, 1.54) is 42.9 Å². The van der Waals surface area contributed by atoms with Crippen LogP contribution in [0.5, 0.6) is 5.75 Å². The maximum Gasteiger partial charge on any atom is 0.336 e. The van der Waals surface area contributed by atoms with Crippen molar-refractivity contribution in [2.24, 2.45) is 5.92 Å². The Hall–Kier alpha value is -1.87. The molecule has 1 aromatic rings. The highest BCUT2D eigenvalue weighted by atomic mass is 16.5. The lowest BCUT2D eigenvalue weighted by Crippen LogP contribution is -2.88. The van der Waals surface area contributed by atoms with Crippen LogP contribution in [0.4, 0.5) is 0 Å². The van der Waals surface area contributed by atoms with Gasteiger partial charge in [0.25, 0.3) is 0 Å². The third-order valence-electron chi connectivity index (χ3n) is 7.41. The molecule has 1 aliphatic heterocycles. The van der Waals surface area contributed by atoms with Crippen LogP contribution in [0, 0.1) is 5.92 Å². The summed E-state index contributed by atoms with van der Waals surface area (Å²) in [5.41, 5.74) is 3.78. The molecular weight excluding hydrogens is 310 g/mol. The van der Waals surface area contributed by atoms with E-state index in [9.17, 15) is 4.79 Å². The summed E-state index contributed by atoms with van der Waals surface area (Å²) in [5, 5.41) is 0.